The molecule has 0 aliphatic heterocycles. The molecule has 1 heterocycles. The van der Waals surface area contributed by atoms with E-state index in [1.54, 1.807) is 25.1 Å². The Hall–Kier alpha value is -0.500. The van der Waals surface area contributed by atoms with Gasteiger partial charge in [-0.1, -0.05) is 6.92 Å². The molecule has 1 aromatic carbocycles. The summed E-state index contributed by atoms with van der Waals surface area (Å²) in [6, 6.07) is 4.91. The fourth-order valence-corrected chi connectivity index (χ4v) is 3.90. The number of aromatic nitrogens is 1. The highest BCUT2D eigenvalue weighted by atomic mass is 79.9. The first kappa shape index (κ1) is 12.0. The van der Waals surface area contributed by atoms with Crippen LogP contribution < -0.4 is 4.72 Å². The Balaban J connectivity index is 2.54. The topological polar surface area (TPSA) is 59.1 Å². The van der Waals surface area contributed by atoms with Crippen LogP contribution in [0.3, 0.4) is 0 Å². The Labute approximate surface area is 106 Å². The van der Waals surface area contributed by atoms with E-state index in [0.717, 1.165) is 14.1 Å². The third-order valence-corrected chi connectivity index (χ3v) is 4.99. The van der Waals surface area contributed by atoms with Crippen molar-refractivity contribution in [3.63, 3.8) is 0 Å². The van der Waals surface area contributed by atoms with E-state index in [1.807, 2.05) is 0 Å². The summed E-state index contributed by atoms with van der Waals surface area (Å²) in [6.45, 7) is 2.13. The standard InChI is InChI=1S/C9H9BrN2O2S2/c1-2-11-16(13,14)6-3-4-7-8(5-6)15-9(10)12-7/h3-5,11H,2H2,1H3. The molecule has 0 bridgehead atoms. The zero-order valence-electron chi connectivity index (χ0n) is 8.40. The smallest absolute Gasteiger partial charge is 0.229 e. The summed E-state index contributed by atoms with van der Waals surface area (Å²) < 4.78 is 27.5. The molecule has 0 spiro atoms. The van der Waals surface area contributed by atoms with Gasteiger partial charge in [0.05, 0.1) is 15.1 Å². The zero-order chi connectivity index (χ0) is 11.8. The highest BCUT2D eigenvalue weighted by Crippen LogP contribution is 2.27. The van der Waals surface area contributed by atoms with Crippen LogP contribution in [0.4, 0.5) is 0 Å². The van der Waals surface area contributed by atoms with Crippen molar-refractivity contribution in [2.24, 2.45) is 0 Å². The van der Waals surface area contributed by atoms with E-state index in [2.05, 4.69) is 25.6 Å². The van der Waals surface area contributed by atoms with Gasteiger partial charge in [-0.2, -0.15) is 0 Å². The van der Waals surface area contributed by atoms with Crippen LogP contribution in [0.15, 0.2) is 27.0 Å². The Morgan fingerprint density at radius 3 is 2.94 bits per heavy atom. The van der Waals surface area contributed by atoms with Crippen LogP contribution in [0.25, 0.3) is 10.2 Å². The maximum Gasteiger partial charge on any atom is 0.240 e. The highest BCUT2D eigenvalue weighted by molar-refractivity contribution is 9.11. The number of halogens is 1. The minimum atomic E-state index is -3.38. The van der Waals surface area contributed by atoms with Gasteiger partial charge in [0.1, 0.15) is 0 Å². The molecule has 0 aliphatic carbocycles. The summed E-state index contributed by atoms with van der Waals surface area (Å²) in [5, 5.41) is 0. The summed E-state index contributed by atoms with van der Waals surface area (Å²) in [4.78, 5) is 4.48. The van der Waals surface area contributed by atoms with Crippen LogP contribution >= 0.6 is 27.3 Å². The number of benzene rings is 1. The first-order chi connectivity index (χ1) is 7.53. The van der Waals surface area contributed by atoms with Crippen LogP contribution in [0.2, 0.25) is 0 Å². The molecule has 0 unspecified atom stereocenters. The van der Waals surface area contributed by atoms with Gasteiger partial charge in [0, 0.05) is 6.54 Å². The molecule has 7 heteroatoms. The molecule has 2 rings (SSSR count). The lowest BCUT2D eigenvalue weighted by Gasteiger charge is -2.03. The van der Waals surface area contributed by atoms with E-state index in [0.29, 0.717) is 6.54 Å². The number of hydrogen-bond acceptors (Lipinski definition) is 4. The highest BCUT2D eigenvalue weighted by Gasteiger charge is 2.13. The van der Waals surface area contributed by atoms with Crippen molar-refractivity contribution < 1.29 is 8.42 Å². The second-order valence-corrected chi connectivity index (χ2v) is 7.17. The minimum Gasteiger partial charge on any atom is -0.229 e. The molecule has 0 amide bonds. The van der Waals surface area contributed by atoms with Crippen molar-refractivity contribution in [3.8, 4) is 0 Å². The number of nitrogens with one attached hydrogen (secondary N) is 1. The fraction of sp³-hybridized carbons (Fsp3) is 0.222. The third-order valence-electron chi connectivity index (χ3n) is 1.98. The summed E-state index contributed by atoms with van der Waals surface area (Å²) >= 11 is 4.69. The lowest BCUT2D eigenvalue weighted by Crippen LogP contribution is -2.22. The molecule has 0 aliphatic rings. The van der Waals surface area contributed by atoms with Gasteiger partial charge >= 0.3 is 0 Å². The van der Waals surface area contributed by atoms with Gasteiger partial charge in [-0.15, -0.1) is 11.3 Å². The normalized spacial score (nSPS) is 12.1. The summed E-state index contributed by atoms with van der Waals surface area (Å²) in [7, 11) is -3.38. The average Bonchev–Trinajstić information content (AvgIpc) is 2.56. The molecule has 0 fully saturated rings. The number of thiazole rings is 1. The van der Waals surface area contributed by atoms with Crippen LogP contribution in [-0.2, 0) is 10.0 Å². The molecule has 86 valence electrons. The van der Waals surface area contributed by atoms with Crippen molar-refractivity contribution >= 4 is 47.5 Å². The maximum absolute atomic E-state index is 11.7. The molecule has 0 radical (unpaired) electrons. The van der Waals surface area contributed by atoms with Crippen LogP contribution in [0.1, 0.15) is 6.92 Å². The molecule has 1 N–H and O–H groups in total. The Kier molecular flexibility index (Phi) is 3.29. The fourth-order valence-electron chi connectivity index (χ4n) is 1.32. The van der Waals surface area contributed by atoms with Gasteiger partial charge in [0.25, 0.3) is 0 Å². The molecular formula is C9H9BrN2O2S2. The molecular weight excluding hydrogens is 312 g/mol. The van der Waals surface area contributed by atoms with Gasteiger partial charge in [-0.25, -0.2) is 18.1 Å². The van der Waals surface area contributed by atoms with Crippen molar-refractivity contribution in [3.05, 3.63) is 22.1 Å². The Morgan fingerprint density at radius 2 is 2.25 bits per heavy atom. The van der Waals surface area contributed by atoms with E-state index < -0.39 is 10.0 Å². The first-order valence-electron chi connectivity index (χ1n) is 4.58. The van der Waals surface area contributed by atoms with E-state index in [4.69, 9.17) is 0 Å². The molecule has 16 heavy (non-hydrogen) atoms. The molecule has 4 nitrogen and oxygen atoms in total. The number of fused-ring (bicyclic) bond motifs is 1. The Bertz CT molecular complexity index is 621. The Morgan fingerprint density at radius 1 is 1.50 bits per heavy atom. The minimum absolute atomic E-state index is 0.276. The van der Waals surface area contributed by atoms with Crippen molar-refractivity contribution in [2.75, 3.05) is 6.54 Å². The van der Waals surface area contributed by atoms with Crippen LogP contribution in [0.5, 0.6) is 0 Å². The first-order valence-corrected chi connectivity index (χ1v) is 7.68. The van der Waals surface area contributed by atoms with Crippen molar-refractivity contribution in [2.45, 2.75) is 11.8 Å². The maximum atomic E-state index is 11.7. The zero-order valence-corrected chi connectivity index (χ0v) is 11.6. The predicted molar refractivity (Wildman–Crippen MR) is 68.2 cm³/mol. The van der Waals surface area contributed by atoms with Crippen LogP contribution in [0, 0.1) is 0 Å². The summed E-state index contributed by atoms with van der Waals surface area (Å²) in [6.07, 6.45) is 0. The van der Waals surface area contributed by atoms with E-state index in [9.17, 15) is 8.42 Å². The molecule has 1 aromatic heterocycles. The van der Waals surface area contributed by atoms with Crippen LogP contribution in [-0.4, -0.2) is 19.9 Å². The molecule has 0 saturated carbocycles. The van der Waals surface area contributed by atoms with Gasteiger partial charge in [0.2, 0.25) is 10.0 Å². The number of sulfonamides is 1. The van der Waals surface area contributed by atoms with Gasteiger partial charge < -0.3 is 0 Å². The second kappa shape index (κ2) is 4.40. The van der Waals surface area contributed by atoms with E-state index in [1.165, 1.54) is 11.3 Å². The molecule has 0 saturated heterocycles. The number of rotatable bonds is 3. The summed E-state index contributed by atoms with van der Waals surface area (Å²) in [5.41, 5.74) is 0.798. The lowest BCUT2D eigenvalue weighted by atomic mass is 10.3. The SMILES string of the molecule is CCNS(=O)(=O)c1ccc2nc(Br)sc2c1. The van der Waals surface area contributed by atoms with E-state index >= 15 is 0 Å². The predicted octanol–water partition coefficient (Wildman–Crippen LogP) is 2.36. The largest absolute Gasteiger partial charge is 0.240 e. The number of hydrogen-bond donors (Lipinski definition) is 1. The van der Waals surface area contributed by atoms with E-state index in [-0.39, 0.29) is 4.90 Å². The molecule has 0 atom stereocenters. The third kappa shape index (κ3) is 2.27. The number of nitrogens with zero attached hydrogens (tertiary/aromatic N) is 1. The molecule has 2 aromatic rings. The quantitative estimate of drug-likeness (QED) is 0.944. The summed E-state index contributed by atoms with van der Waals surface area (Å²) in [5.74, 6) is 0. The monoisotopic (exact) mass is 320 g/mol. The van der Waals surface area contributed by atoms with Gasteiger partial charge in [-0.3, -0.25) is 0 Å². The van der Waals surface area contributed by atoms with Gasteiger partial charge in [0.15, 0.2) is 3.92 Å². The average molecular weight is 321 g/mol. The van der Waals surface area contributed by atoms with Gasteiger partial charge in [-0.05, 0) is 34.1 Å². The lowest BCUT2D eigenvalue weighted by molar-refractivity contribution is 0.584. The van der Waals surface area contributed by atoms with Crippen molar-refractivity contribution in [1.29, 1.82) is 0 Å². The second-order valence-electron chi connectivity index (χ2n) is 3.10. The van der Waals surface area contributed by atoms with Crippen molar-refractivity contribution in [1.82, 2.24) is 9.71 Å².